The fourth-order valence-corrected chi connectivity index (χ4v) is 3.98. The maximum atomic E-state index is 12.7. The summed E-state index contributed by atoms with van der Waals surface area (Å²) in [7, 11) is 0. The van der Waals surface area contributed by atoms with Crippen LogP contribution in [0.2, 0.25) is 5.02 Å². The predicted octanol–water partition coefficient (Wildman–Crippen LogP) is 5.22. The molecule has 3 aromatic rings. The van der Waals surface area contributed by atoms with E-state index in [-0.39, 0.29) is 6.03 Å². The van der Waals surface area contributed by atoms with Gasteiger partial charge < -0.3 is 14.6 Å². The lowest BCUT2D eigenvalue weighted by molar-refractivity contribution is 0.141. The second kappa shape index (κ2) is 9.54. The first-order chi connectivity index (χ1) is 15.0. The summed E-state index contributed by atoms with van der Waals surface area (Å²) in [4.78, 5) is 21.6. The Morgan fingerprint density at radius 1 is 1.13 bits per heavy atom. The van der Waals surface area contributed by atoms with Crippen LogP contribution in [0.3, 0.4) is 0 Å². The summed E-state index contributed by atoms with van der Waals surface area (Å²) in [6.07, 6.45) is 0.887. The van der Waals surface area contributed by atoms with Crippen molar-refractivity contribution in [2.75, 3.05) is 31.5 Å². The molecule has 1 aromatic heterocycles. The summed E-state index contributed by atoms with van der Waals surface area (Å²) >= 11 is 6.09. The number of aryl methyl sites for hydroxylation is 2. The second-order valence-electron chi connectivity index (χ2n) is 7.74. The van der Waals surface area contributed by atoms with E-state index in [4.69, 9.17) is 16.0 Å². The average molecular weight is 439 g/mol. The standard InChI is InChI=1S/C24H27ClN4O2/c1-3-18-7-4-5-10-21(18)27-24(30)29-13-11-28(12-14-29)16-22-17(2)31-23(26-22)19-8-6-9-20(25)15-19/h4-10,15H,3,11-14,16H2,1-2H3,(H,27,30). The third-order valence-electron chi connectivity index (χ3n) is 5.64. The van der Waals surface area contributed by atoms with Crippen LogP contribution in [0, 0.1) is 6.92 Å². The number of para-hydroxylation sites is 1. The molecule has 4 rings (SSSR count). The number of hydrogen-bond donors (Lipinski definition) is 1. The second-order valence-corrected chi connectivity index (χ2v) is 8.17. The van der Waals surface area contributed by atoms with E-state index >= 15 is 0 Å². The Hall–Kier alpha value is -2.83. The smallest absolute Gasteiger partial charge is 0.321 e. The largest absolute Gasteiger partial charge is 0.441 e. The maximum Gasteiger partial charge on any atom is 0.321 e. The van der Waals surface area contributed by atoms with Gasteiger partial charge in [-0.05, 0) is 43.2 Å². The van der Waals surface area contributed by atoms with Crippen molar-refractivity contribution in [3.05, 3.63) is 70.6 Å². The Morgan fingerprint density at radius 3 is 2.65 bits per heavy atom. The van der Waals surface area contributed by atoms with E-state index in [1.54, 1.807) is 0 Å². The number of carbonyl (C=O) groups excluding carboxylic acids is 1. The number of nitrogens with zero attached hydrogens (tertiary/aromatic N) is 3. The first kappa shape index (κ1) is 21.4. The van der Waals surface area contributed by atoms with Gasteiger partial charge in [0.2, 0.25) is 5.89 Å². The van der Waals surface area contributed by atoms with Crippen molar-refractivity contribution >= 4 is 23.3 Å². The van der Waals surface area contributed by atoms with Crippen molar-refractivity contribution < 1.29 is 9.21 Å². The zero-order valence-electron chi connectivity index (χ0n) is 17.9. The van der Waals surface area contributed by atoms with Crippen molar-refractivity contribution in [3.8, 4) is 11.5 Å². The number of halogens is 1. The molecule has 1 N–H and O–H groups in total. The SMILES string of the molecule is CCc1ccccc1NC(=O)N1CCN(Cc2nc(-c3cccc(Cl)c3)oc2C)CC1. The molecule has 0 bridgehead atoms. The van der Waals surface area contributed by atoms with Crippen molar-refractivity contribution in [1.82, 2.24) is 14.8 Å². The predicted molar refractivity (Wildman–Crippen MR) is 123 cm³/mol. The molecule has 1 aliphatic heterocycles. The van der Waals surface area contributed by atoms with E-state index in [9.17, 15) is 4.79 Å². The van der Waals surface area contributed by atoms with Gasteiger partial charge >= 0.3 is 6.03 Å². The van der Waals surface area contributed by atoms with Crippen LogP contribution < -0.4 is 5.32 Å². The summed E-state index contributed by atoms with van der Waals surface area (Å²) in [5, 5.41) is 3.72. The van der Waals surface area contributed by atoms with Gasteiger partial charge in [0.15, 0.2) is 0 Å². The van der Waals surface area contributed by atoms with E-state index in [1.165, 1.54) is 0 Å². The van der Waals surface area contributed by atoms with Crippen molar-refractivity contribution in [2.24, 2.45) is 0 Å². The van der Waals surface area contributed by atoms with Crippen LogP contribution in [0.25, 0.3) is 11.5 Å². The van der Waals surface area contributed by atoms with E-state index in [1.807, 2.05) is 60.4 Å². The van der Waals surface area contributed by atoms with Crippen LogP contribution in [0.5, 0.6) is 0 Å². The lowest BCUT2D eigenvalue weighted by atomic mass is 10.1. The van der Waals surface area contributed by atoms with E-state index in [0.29, 0.717) is 30.5 Å². The van der Waals surface area contributed by atoms with Crippen LogP contribution in [0.1, 0.15) is 23.9 Å². The number of anilines is 1. The summed E-state index contributed by atoms with van der Waals surface area (Å²) in [6, 6.07) is 15.4. The molecular formula is C24H27ClN4O2. The highest BCUT2D eigenvalue weighted by atomic mass is 35.5. The Labute approximate surface area is 187 Å². The molecule has 31 heavy (non-hydrogen) atoms. The first-order valence-corrected chi connectivity index (χ1v) is 11.0. The van der Waals surface area contributed by atoms with E-state index < -0.39 is 0 Å². The zero-order chi connectivity index (χ0) is 21.8. The average Bonchev–Trinajstić information content (AvgIpc) is 3.15. The van der Waals surface area contributed by atoms with Gasteiger partial charge in [0.05, 0.1) is 5.69 Å². The minimum Gasteiger partial charge on any atom is -0.441 e. The monoisotopic (exact) mass is 438 g/mol. The molecule has 0 saturated carbocycles. The van der Waals surface area contributed by atoms with Gasteiger partial charge in [-0.1, -0.05) is 42.8 Å². The molecular weight excluding hydrogens is 412 g/mol. The van der Waals surface area contributed by atoms with Crippen molar-refractivity contribution in [2.45, 2.75) is 26.8 Å². The number of piperazine rings is 1. The molecule has 0 aliphatic carbocycles. The van der Waals surface area contributed by atoms with Gasteiger partial charge in [0.1, 0.15) is 5.76 Å². The molecule has 2 heterocycles. The third kappa shape index (κ3) is 5.09. The highest BCUT2D eigenvalue weighted by Gasteiger charge is 2.23. The Kier molecular flexibility index (Phi) is 6.59. The van der Waals surface area contributed by atoms with Gasteiger partial charge in [-0.3, -0.25) is 4.90 Å². The van der Waals surface area contributed by atoms with Crippen LogP contribution in [0.4, 0.5) is 10.5 Å². The van der Waals surface area contributed by atoms with Crippen LogP contribution in [-0.4, -0.2) is 47.0 Å². The van der Waals surface area contributed by atoms with Gasteiger partial charge in [-0.25, -0.2) is 9.78 Å². The van der Waals surface area contributed by atoms with Crippen LogP contribution in [-0.2, 0) is 13.0 Å². The maximum absolute atomic E-state index is 12.7. The molecule has 1 aliphatic rings. The molecule has 7 heteroatoms. The Morgan fingerprint density at radius 2 is 1.90 bits per heavy atom. The number of aromatic nitrogens is 1. The molecule has 2 amide bonds. The third-order valence-corrected chi connectivity index (χ3v) is 5.87. The van der Waals surface area contributed by atoms with Gasteiger partial charge in [0, 0.05) is 49.0 Å². The minimum absolute atomic E-state index is 0.0404. The molecule has 0 radical (unpaired) electrons. The summed E-state index contributed by atoms with van der Waals surface area (Å²) in [6.45, 7) is 7.67. The fourth-order valence-electron chi connectivity index (χ4n) is 3.79. The normalized spacial score (nSPS) is 14.6. The van der Waals surface area contributed by atoms with Gasteiger partial charge in [-0.2, -0.15) is 0 Å². The first-order valence-electron chi connectivity index (χ1n) is 10.6. The molecule has 0 spiro atoms. The highest BCUT2D eigenvalue weighted by molar-refractivity contribution is 6.30. The molecule has 0 atom stereocenters. The minimum atomic E-state index is -0.0404. The molecule has 6 nitrogen and oxygen atoms in total. The molecule has 2 aromatic carbocycles. The number of benzene rings is 2. The lowest BCUT2D eigenvalue weighted by Gasteiger charge is -2.34. The molecule has 0 unspecified atom stereocenters. The number of urea groups is 1. The van der Waals surface area contributed by atoms with E-state index in [0.717, 1.165) is 47.8 Å². The van der Waals surface area contributed by atoms with Gasteiger partial charge in [-0.15, -0.1) is 0 Å². The number of carbonyl (C=O) groups is 1. The van der Waals surface area contributed by atoms with Crippen molar-refractivity contribution in [1.29, 1.82) is 0 Å². The van der Waals surface area contributed by atoms with Crippen LogP contribution >= 0.6 is 11.6 Å². The topological polar surface area (TPSA) is 61.6 Å². The quantitative estimate of drug-likeness (QED) is 0.593. The lowest BCUT2D eigenvalue weighted by Crippen LogP contribution is -2.49. The Balaban J connectivity index is 1.34. The van der Waals surface area contributed by atoms with E-state index in [2.05, 4.69) is 22.1 Å². The van der Waals surface area contributed by atoms with Crippen LogP contribution in [0.15, 0.2) is 52.9 Å². The number of hydrogen-bond acceptors (Lipinski definition) is 4. The number of amides is 2. The van der Waals surface area contributed by atoms with Gasteiger partial charge in [0.25, 0.3) is 0 Å². The molecule has 1 fully saturated rings. The zero-order valence-corrected chi connectivity index (χ0v) is 18.7. The van der Waals surface area contributed by atoms with Crippen molar-refractivity contribution in [3.63, 3.8) is 0 Å². The number of oxazole rings is 1. The number of nitrogens with one attached hydrogen (secondary N) is 1. The number of rotatable bonds is 5. The molecule has 1 saturated heterocycles. The summed E-state index contributed by atoms with van der Waals surface area (Å²) in [5.74, 6) is 1.40. The fraction of sp³-hybridized carbons (Fsp3) is 0.333. The molecule has 162 valence electrons. The summed E-state index contributed by atoms with van der Waals surface area (Å²) in [5.41, 5.74) is 3.83. The summed E-state index contributed by atoms with van der Waals surface area (Å²) < 4.78 is 5.87. The Bertz CT molecular complexity index is 1060. The highest BCUT2D eigenvalue weighted by Crippen LogP contribution is 2.25.